The molecule has 0 radical (unpaired) electrons. The molecule has 3 aromatic rings. The summed E-state index contributed by atoms with van der Waals surface area (Å²) in [5.74, 6) is 0.813. The number of aromatic nitrogens is 4. The lowest BCUT2D eigenvalue weighted by molar-refractivity contribution is 0.256. The third-order valence-electron chi connectivity index (χ3n) is 7.15. The van der Waals surface area contributed by atoms with Gasteiger partial charge in [-0.3, -0.25) is 10.1 Å². The number of hydrogen-bond donors (Lipinski definition) is 3. The second-order valence-electron chi connectivity index (χ2n) is 9.76. The number of aryl methyl sites for hydroxylation is 1. The second kappa shape index (κ2) is 10.6. The molecule has 2 saturated heterocycles. The zero-order valence-corrected chi connectivity index (χ0v) is 21.8. The fourth-order valence-electron chi connectivity index (χ4n) is 5.16. The van der Waals surface area contributed by atoms with E-state index < -0.39 is 0 Å². The maximum absolute atomic E-state index is 5.97. The Morgan fingerprint density at radius 1 is 1.16 bits per heavy atom. The van der Waals surface area contributed by atoms with Crippen LogP contribution in [0.3, 0.4) is 0 Å². The number of likely N-dealkylation sites (tertiary alicyclic amines) is 2. The standard InChI is InChI=1S/C29H36N8/c1-5-11-27(36-12-9-8-10-13-36)21-14-25(32-19(21)4)29-22-15-24(31-16-26(22)34-35-29)23(6-2)33-28(7-3)37-17-20(30)18-37/h5-7,11,14-16,20,32H,1,3,8-10,12-13,17-18,30H2,2,4H3,(H,34,35)/b23-6-,27-11+,33-28?. The van der Waals surface area contributed by atoms with Crippen molar-refractivity contribution in [2.24, 2.45) is 10.7 Å². The second-order valence-corrected chi connectivity index (χ2v) is 9.76. The van der Waals surface area contributed by atoms with Crippen LogP contribution >= 0.6 is 0 Å². The first-order valence-corrected chi connectivity index (χ1v) is 13.0. The molecule has 2 aliphatic rings. The molecule has 2 fully saturated rings. The molecule has 0 amide bonds. The summed E-state index contributed by atoms with van der Waals surface area (Å²) in [5, 5.41) is 8.79. The molecule has 0 atom stereocenters. The molecule has 0 spiro atoms. The Morgan fingerprint density at radius 3 is 2.62 bits per heavy atom. The summed E-state index contributed by atoms with van der Waals surface area (Å²) in [6.07, 6.45) is 13.3. The molecule has 4 N–H and O–H groups in total. The van der Waals surface area contributed by atoms with Crippen molar-refractivity contribution in [1.82, 2.24) is 30.0 Å². The van der Waals surface area contributed by atoms with Gasteiger partial charge in [-0.2, -0.15) is 5.10 Å². The first-order chi connectivity index (χ1) is 18.0. The lowest BCUT2D eigenvalue weighted by atomic mass is 10.1. The number of fused-ring (bicyclic) bond motifs is 1. The van der Waals surface area contributed by atoms with Crippen molar-refractivity contribution < 1.29 is 0 Å². The normalized spacial score (nSPS) is 17.9. The minimum atomic E-state index is 0.188. The SMILES string of the molecule is C=C/C=C(\c1cc(-c2n[nH]c3cnc(/C(=C/C)N=C(C=C)N4CC(N)C4)cc23)[nH]c1C)N1CCCCC1. The average molecular weight is 497 g/mol. The molecule has 37 heavy (non-hydrogen) atoms. The number of piperidine rings is 1. The van der Waals surface area contributed by atoms with Crippen LogP contribution in [0.1, 0.15) is 43.1 Å². The van der Waals surface area contributed by atoms with E-state index in [2.05, 4.69) is 68.3 Å². The zero-order valence-electron chi connectivity index (χ0n) is 21.8. The number of nitrogens with one attached hydrogen (secondary N) is 2. The number of hydrogen-bond acceptors (Lipinski definition) is 5. The van der Waals surface area contributed by atoms with Gasteiger partial charge < -0.3 is 20.5 Å². The Labute approximate surface area is 218 Å². The van der Waals surface area contributed by atoms with Gasteiger partial charge in [-0.05, 0) is 57.4 Å². The van der Waals surface area contributed by atoms with Crippen molar-refractivity contribution >= 4 is 28.1 Å². The molecular formula is C29H36N8. The van der Waals surface area contributed by atoms with Crippen LogP contribution in [-0.4, -0.2) is 68.0 Å². The van der Waals surface area contributed by atoms with Crippen molar-refractivity contribution in [3.8, 4) is 11.4 Å². The van der Waals surface area contributed by atoms with E-state index in [9.17, 15) is 0 Å². The highest BCUT2D eigenvalue weighted by Crippen LogP contribution is 2.33. The van der Waals surface area contributed by atoms with E-state index in [4.69, 9.17) is 10.7 Å². The molecule has 0 bridgehead atoms. The summed E-state index contributed by atoms with van der Waals surface area (Å²) in [6.45, 7) is 15.7. The van der Waals surface area contributed by atoms with Gasteiger partial charge in [0, 0.05) is 54.6 Å². The first-order valence-electron chi connectivity index (χ1n) is 13.0. The predicted octanol–water partition coefficient (Wildman–Crippen LogP) is 4.86. The van der Waals surface area contributed by atoms with Crippen molar-refractivity contribution in [3.63, 3.8) is 0 Å². The summed E-state index contributed by atoms with van der Waals surface area (Å²) >= 11 is 0. The molecule has 5 heterocycles. The van der Waals surface area contributed by atoms with E-state index in [0.29, 0.717) is 0 Å². The molecule has 0 aromatic carbocycles. The van der Waals surface area contributed by atoms with E-state index in [0.717, 1.165) is 71.4 Å². The smallest absolute Gasteiger partial charge is 0.128 e. The van der Waals surface area contributed by atoms with Gasteiger partial charge in [0.15, 0.2) is 0 Å². The van der Waals surface area contributed by atoms with Gasteiger partial charge in [0.2, 0.25) is 0 Å². The quantitative estimate of drug-likeness (QED) is 0.246. The monoisotopic (exact) mass is 496 g/mol. The largest absolute Gasteiger partial charge is 0.371 e. The number of nitrogens with two attached hydrogens (primary N) is 1. The van der Waals surface area contributed by atoms with Crippen LogP contribution in [0.25, 0.3) is 33.7 Å². The third kappa shape index (κ3) is 4.89. The molecule has 5 rings (SSSR count). The molecule has 192 valence electrons. The fourth-order valence-corrected chi connectivity index (χ4v) is 5.16. The molecule has 8 heteroatoms. The van der Waals surface area contributed by atoms with E-state index in [1.54, 1.807) is 6.08 Å². The van der Waals surface area contributed by atoms with Gasteiger partial charge >= 0.3 is 0 Å². The molecule has 3 aromatic heterocycles. The molecule has 0 unspecified atom stereocenters. The number of aromatic amines is 2. The van der Waals surface area contributed by atoms with E-state index in [-0.39, 0.29) is 6.04 Å². The lowest BCUT2D eigenvalue weighted by Gasteiger charge is -2.38. The van der Waals surface area contributed by atoms with Crippen molar-refractivity contribution in [3.05, 3.63) is 72.7 Å². The molecular weight excluding hydrogens is 460 g/mol. The van der Waals surface area contributed by atoms with Gasteiger partial charge in [0.1, 0.15) is 11.5 Å². The summed E-state index contributed by atoms with van der Waals surface area (Å²) in [5.41, 5.74) is 13.8. The lowest BCUT2D eigenvalue weighted by Crippen LogP contribution is -2.57. The highest BCUT2D eigenvalue weighted by atomic mass is 15.3. The fraction of sp³-hybridized carbons (Fsp3) is 0.345. The number of pyridine rings is 1. The van der Waals surface area contributed by atoms with Gasteiger partial charge in [-0.1, -0.05) is 25.3 Å². The van der Waals surface area contributed by atoms with Crippen LogP contribution < -0.4 is 5.73 Å². The number of allylic oxidation sites excluding steroid dienone is 3. The van der Waals surface area contributed by atoms with Crippen LogP contribution in [0.15, 0.2) is 60.8 Å². The van der Waals surface area contributed by atoms with E-state index in [1.165, 1.54) is 30.5 Å². The minimum Gasteiger partial charge on any atom is -0.371 e. The summed E-state index contributed by atoms with van der Waals surface area (Å²) < 4.78 is 0. The van der Waals surface area contributed by atoms with Gasteiger partial charge in [-0.15, -0.1) is 0 Å². The van der Waals surface area contributed by atoms with Crippen molar-refractivity contribution in [2.45, 2.75) is 39.2 Å². The number of H-pyrrole nitrogens is 2. The van der Waals surface area contributed by atoms with Gasteiger partial charge in [0.05, 0.1) is 28.8 Å². The maximum atomic E-state index is 5.97. The van der Waals surface area contributed by atoms with Crippen LogP contribution in [0.5, 0.6) is 0 Å². The maximum Gasteiger partial charge on any atom is 0.128 e. The Hall–Kier alpha value is -3.91. The predicted molar refractivity (Wildman–Crippen MR) is 153 cm³/mol. The number of aliphatic imine (C=N–C) groups is 1. The highest BCUT2D eigenvalue weighted by Gasteiger charge is 2.25. The Kier molecular flexibility index (Phi) is 7.10. The number of rotatable bonds is 7. The molecule has 0 aliphatic carbocycles. The average Bonchev–Trinajstić information content (AvgIpc) is 3.49. The number of amidine groups is 1. The van der Waals surface area contributed by atoms with Crippen LogP contribution in [0.2, 0.25) is 0 Å². The van der Waals surface area contributed by atoms with Gasteiger partial charge in [0.25, 0.3) is 0 Å². The highest BCUT2D eigenvalue weighted by molar-refractivity contribution is 5.98. The van der Waals surface area contributed by atoms with Crippen LogP contribution in [-0.2, 0) is 0 Å². The Bertz CT molecular complexity index is 1390. The minimum absolute atomic E-state index is 0.188. The molecule has 8 nitrogen and oxygen atoms in total. The van der Waals surface area contributed by atoms with Crippen LogP contribution in [0, 0.1) is 6.92 Å². The van der Waals surface area contributed by atoms with Gasteiger partial charge in [-0.25, -0.2) is 4.99 Å². The van der Waals surface area contributed by atoms with E-state index >= 15 is 0 Å². The molecule has 0 saturated carbocycles. The number of nitrogens with zero attached hydrogens (tertiary/aromatic N) is 5. The van der Waals surface area contributed by atoms with Crippen LogP contribution in [0.4, 0.5) is 0 Å². The first kappa shape index (κ1) is 24.8. The Balaban J connectivity index is 1.50. The van der Waals surface area contributed by atoms with E-state index in [1.807, 2.05) is 25.3 Å². The summed E-state index contributed by atoms with van der Waals surface area (Å²) in [4.78, 5) is 17.7. The van der Waals surface area contributed by atoms with Crippen molar-refractivity contribution in [2.75, 3.05) is 26.2 Å². The molecule has 2 aliphatic heterocycles. The zero-order chi connectivity index (χ0) is 25.9. The summed E-state index contributed by atoms with van der Waals surface area (Å²) in [7, 11) is 0. The Morgan fingerprint density at radius 2 is 1.95 bits per heavy atom. The summed E-state index contributed by atoms with van der Waals surface area (Å²) in [6, 6.07) is 4.44. The van der Waals surface area contributed by atoms with Crippen molar-refractivity contribution in [1.29, 1.82) is 0 Å². The topological polar surface area (TPSA) is 102 Å². The third-order valence-corrected chi connectivity index (χ3v) is 7.15.